The van der Waals surface area contributed by atoms with Gasteiger partial charge in [-0.25, -0.2) is 9.79 Å². The first kappa shape index (κ1) is 24.9. The number of ether oxygens (including phenoxy) is 2. The number of hydrogen-bond donors (Lipinski definition) is 1. The third-order valence-electron chi connectivity index (χ3n) is 5.47. The van der Waals surface area contributed by atoms with Crippen LogP contribution in [0.3, 0.4) is 0 Å². The molecule has 0 radical (unpaired) electrons. The molecule has 1 N–H and O–H groups in total. The average Bonchev–Trinajstić information content (AvgIpc) is 3.14. The molecule has 0 bridgehead atoms. The molecule has 182 valence electrons. The molecule has 1 aliphatic rings. The van der Waals surface area contributed by atoms with Crippen molar-refractivity contribution in [3.63, 3.8) is 0 Å². The Morgan fingerprint density at radius 3 is 2.77 bits per heavy atom. The molecular weight excluding hydrogens is 532 g/mol. The predicted molar refractivity (Wildman–Crippen MR) is 138 cm³/mol. The van der Waals surface area contributed by atoms with Crippen molar-refractivity contribution in [3.8, 4) is 11.5 Å². The summed E-state index contributed by atoms with van der Waals surface area (Å²) in [6.45, 7) is 6.19. The van der Waals surface area contributed by atoms with Crippen LogP contribution in [0.5, 0.6) is 11.5 Å². The van der Waals surface area contributed by atoms with E-state index in [0.717, 1.165) is 10.9 Å². The summed E-state index contributed by atoms with van der Waals surface area (Å²) in [5.74, 6) is 0.121. The largest absolute Gasteiger partial charge is 0.507 e. The number of nitrogens with zero attached hydrogens (tertiary/aromatic N) is 2. The van der Waals surface area contributed by atoms with E-state index in [9.17, 15) is 14.7 Å². The van der Waals surface area contributed by atoms with Crippen LogP contribution in [-0.4, -0.2) is 28.9 Å². The Labute approximate surface area is 214 Å². The number of allylic oxidation sites excluding steroid dienone is 1. The maximum absolute atomic E-state index is 13.7. The lowest BCUT2D eigenvalue weighted by atomic mass is 9.95. The second-order valence-corrected chi connectivity index (χ2v) is 9.82. The Morgan fingerprint density at radius 2 is 2.03 bits per heavy atom. The Morgan fingerprint density at radius 1 is 1.26 bits per heavy atom. The number of para-hydroxylation sites is 1. The maximum atomic E-state index is 13.7. The fourth-order valence-electron chi connectivity index (χ4n) is 3.92. The second-order valence-electron chi connectivity index (χ2n) is 7.89. The highest BCUT2D eigenvalue weighted by molar-refractivity contribution is 9.10. The lowest BCUT2D eigenvalue weighted by molar-refractivity contribution is -0.139. The first-order chi connectivity index (χ1) is 16.8. The molecule has 0 fully saturated rings. The zero-order chi connectivity index (χ0) is 25.1. The SMILES string of the molecule is CCCOc1ccccc1[C@H]1C(C(=O)OCC)=C(C)N=c2s/c(=C/c3cc(Br)ccc3O)c(=O)n21. The van der Waals surface area contributed by atoms with E-state index in [0.29, 0.717) is 44.1 Å². The van der Waals surface area contributed by atoms with Crippen LogP contribution in [0.15, 0.2) is 68.0 Å². The van der Waals surface area contributed by atoms with Crippen LogP contribution < -0.4 is 19.6 Å². The van der Waals surface area contributed by atoms with E-state index >= 15 is 0 Å². The monoisotopic (exact) mass is 556 g/mol. The number of aromatic nitrogens is 1. The molecule has 0 amide bonds. The van der Waals surface area contributed by atoms with Gasteiger partial charge in [-0.2, -0.15) is 0 Å². The Hall–Kier alpha value is -3.17. The highest BCUT2D eigenvalue weighted by Gasteiger charge is 2.35. The standard InChI is InChI=1S/C26H25BrN2O5S/c1-4-12-34-20-9-7-6-8-18(20)23-22(25(32)33-5-2)15(3)28-26-29(23)24(31)21(35-26)14-16-13-17(27)10-11-19(16)30/h6-11,13-14,23,30H,4-5,12H2,1-3H3/b21-14+/t23-/m0/s1. The van der Waals surface area contributed by atoms with Gasteiger partial charge in [0.2, 0.25) is 0 Å². The molecule has 4 rings (SSSR count). The molecule has 1 aromatic heterocycles. The first-order valence-corrected chi connectivity index (χ1v) is 12.9. The van der Waals surface area contributed by atoms with E-state index in [2.05, 4.69) is 20.9 Å². The molecule has 0 spiro atoms. The summed E-state index contributed by atoms with van der Waals surface area (Å²) >= 11 is 4.60. The Balaban J connectivity index is 1.98. The molecule has 0 saturated heterocycles. The molecule has 2 heterocycles. The number of carbonyl (C=O) groups is 1. The number of phenols is 1. The molecule has 0 aliphatic carbocycles. The van der Waals surface area contributed by atoms with Gasteiger partial charge >= 0.3 is 5.97 Å². The van der Waals surface area contributed by atoms with Crippen molar-refractivity contribution in [2.75, 3.05) is 13.2 Å². The van der Waals surface area contributed by atoms with Crippen LogP contribution in [0.25, 0.3) is 6.08 Å². The molecular formula is C26H25BrN2O5S. The van der Waals surface area contributed by atoms with Gasteiger partial charge in [-0.1, -0.05) is 52.4 Å². The normalized spacial score (nSPS) is 15.5. The number of halogens is 1. The molecule has 0 saturated carbocycles. The summed E-state index contributed by atoms with van der Waals surface area (Å²) in [5, 5.41) is 10.3. The van der Waals surface area contributed by atoms with Gasteiger partial charge in [0.05, 0.1) is 29.0 Å². The van der Waals surface area contributed by atoms with Crippen molar-refractivity contribution >= 4 is 39.3 Å². The zero-order valence-electron chi connectivity index (χ0n) is 19.6. The Bertz CT molecular complexity index is 1490. The molecule has 1 atom stereocenters. The van der Waals surface area contributed by atoms with E-state index in [1.54, 1.807) is 38.1 Å². The summed E-state index contributed by atoms with van der Waals surface area (Å²) in [6.07, 6.45) is 2.44. The maximum Gasteiger partial charge on any atom is 0.338 e. The fourth-order valence-corrected chi connectivity index (χ4v) is 5.33. The number of aromatic hydroxyl groups is 1. The third-order valence-corrected chi connectivity index (χ3v) is 6.94. The minimum absolute atomic E-state index is 0.0530. The number of esters is 1. The van der Waals surface area contributed by atoms with Gasteiger partial charge in [0.1, 0.15) is 17.5 Å². The van der Waals surface area contributed by atoms with Crippen molar-refractivity contribution in [1.82, 2.24) is 4.57 Å². The molecule has 3 aromatic rings. The lowest BCUT2D eigenvalue weighted by Crippen LogP contribution is -2.40. The number of benzene rings is 2. The van der Waals surface area contributed by atoms with Crippen molar-refractivity contribution < 1.29 is 19.4 Å². The highest BCUT2D eigenvalue weighted by Crippen LogP contribution is 2.36. The summed E-state index contributed by atoms with van der Waals surface area (Å²) in [6, 6.07) is 11.6. The minimum Gasteiger partial charge on any atom is -0.507 e. The van der Waals surface area contributed by atoms with E-state index < -0.39 is 12.0 Å². The van der Waals surface area contributed by atoms with E-state index in [1.807, 2.05) is 31.2 Å². The number of phenolic OH excluding ortho intramolecular Hbond substituents is 1. The highest BCUT2D eigenvalue weighted by atomic mass is 79.9. The first-order valence-electron chi connectivity index (χ1n) is 11.3. The molecule has 35 heavy (non-hydrogen) atoms. The summed E-state index contributed by atoms with van der Waals surface area (Å²) in [5.41, 5.74) is 1.63. The van der Waals surface area contributed by atoms with Crippen LogP contribution >= 0.6 is 27.3 Å². The number of hydrogen-bond acceptors (Lipinski definition) is 7. The van der Waals surface area contributed by atoms with Crippen LogP contribution in [0.2, 0.25) is 0 Å². The van der Waals surface area contributed by atoms with Crippen LogP contribution in [0.1, 0.15) is 44.4 Å². The molecule has 0 unspecified atom stereocenters. The van der Waals surface area contributed by atoms with Gasteiger partial charge < -0.3 is 14.6 Å². The van der Waals surface area contributed by atoms with Gasteiger partial charge in [0.25, 0.3) is 5.56 Å². The topological polar surface area (TPSA) is 90.1 Å². The molecule has 1 aliphatic heterocycles. The van der Waals surface area contributed by atoms with E-state index in [4.69, 9.17) is 9.47 Å². The van der Waals surface area contributed by atoms with Crippen molar-refractivity contribution in [3.05, 3.63) is 89.0 Å². The molecule has 7 nitrogen and oxygen atoms in total. The van der Waals surface area contributed by atoms with Crippen LogP contribution in [0, 0.1) is 0 Å². The second kappa shape index (κ2) is 10.6. The smallest absolute Gasteiger partial charge is 0.338 e. The average molecular weight is 557 g/mol. The van der Waals surface area contributed by atoms with Crippen molar-refractivity contribution in [2.24, 2.45) is 4.99 Å². The lowest BCUT2D eigenvalue weighted by Gasteiger charge is -2.26. The quantitative estimate of drug-likeness (QED) is 0.443. The van der Waals surface area contributed by atoms with Crippen molar-refractivity contribution in [2.45, 2.75) is 33.2 Å². The molecule has 2 aromatic carbocycles. The number of thiazole rings is 1. The van der Waals surface area contributed by atoms with Gasteiger partial charge in [0.15, 0.2) is 4.80 Å². The minimum atomic E-state index is -0.767. The van der Waals surface area contributed by atoms with Crippen LogP contribution in [-0.2, 0) is 9.53 Å². The van der Waals surface area contributed by atoms with Gasteiger partial charge in [-0.3, -0.25) is 9.36 Å². The summed E-state index contributed by atoms with van der Waals surface area (Å²) in [7, 11) is 0. The van der Waals surface area contributed by atoms with Crippen LogP contribution in [0.4, 0.5) is 0 Å². The van der Waals surface area contributed by atoms with Gasteiger partial charge in [-0.15, -0.1) is 0 Å². The third kappa shape index (κ3) is 4.97. The number of carbonyl (C=O) groups excluding carboxylic acids is 1. The predicted octanol–water partition coefficient (Wildman–Crippen LogP) is 4.06. The summed E-state index contributed by atoms with van der Waals surface area (Å²) < 4.78 is 14.0. The zero-order valence-corrected chi connectivity index (χ0v) is 22.0. The van der Waals surface area contributed by atoms with Gasteiger partial charge in [-0.05, 0) is 50.6 Å². The summed E-state index contributed by atoms with van der Waals surface area (Å²) in [4.78, 5) is 31.9. The van der Waals surface area contributed by atoms with Crippen molar-refractivity contribution in [1.29, 1.82) is 0 Å². The number of fused-ring (bicyclic) bond motifs is 1. The van der Waals surface area contributed by atoms with Gasteiger partial charge in [0, 0.05) is 15.6 Å². The van der Waals surface area contributed by atoms with E-state index in [-0.39, 0.29) is 17.9 Å². The molecule has 9 heteroatoms. The number of rotatable bonds is 7. The van der Waals surface area contributed by atoms with E-state index in [1.165, 1.54) is 15.9 Å². The fraction of sp³-hybridized carbons (Fsp3) is 0.269. The Kier molecular flexibility index (Phi) is 7.57.